The lowest BCUT2D eigenvalue weighted by atomic mass is 10.1. The zero-order valence-corrected chi connectivity index (χ0v) is 33.3. The highest BCUT2D eigenvalue weighted by molar-refractivity contribution is 5.72. The third-order valence-corrected chi connectivity index (χ3v) is 8.77. The number of hydrogen-bond donors (Lipinski definition) is 1. The van der Waals surface area contributed by atoms with Crippen molar-refractivity contribution in [1.82, 2.24) is 0 Å². The summed E-state index contributed by atoms with van der Waals surface area (Å²) < 4.78 is 17.2. The second-order valence-corrected chi connectivity index (χ2v) is 14.6. The molecule has 0 aromatic heterocycles. The molecule has 0 saturated heterocycles. The number of carboxylic acid groups (broad SMARTS) is 1. The number of esters is 2. The highest BCUT2D eigenvalue weighted by Gasteiger charge is 2.31. The van der Waals surface area contributed by atoms with E-state index in [-0.39, 0.29) is 36.2 Å². The van der Waals surface area contributed by atoms with Crippen LogP contribution in [0.3, 0.4) is 0 Å². The molecule has 0 bridgehead atoms. The van der Waals surface area contributed by atoms with Crippen LogP contribution in [0.25, 0.3) is 0 Å². The number of quaternary nitrogens is 1. The normalized spacial score (nSPS) is 13.5. The van der Waals surface area contributed by atoms with E-state index in [4.69, 9.17) is 14.2 Å². The highest BCUT2D eigenvalue weighted by Crippen LogP contribution is 2.13. The number of rotatable bonds is 35. The second-order valence-electron chi connectivity index (χ2n) is 14.6. The van der Waals surface area contributed by atoms with E-state index in [1.54, 1.807) is 0 Å². The Morgan fingerprint density at radius 2 is 1.12 bits per heavy atom. The van der Waals surface area contributed by atoms with E-state index >= 15 is 0 Å². The van der Waals surface area contributed by atoms with Crippen molar-refractivity contribution in [1.29, 1.82) is 0 Å². The minimum Gasteiger partial charge on any atom is -0.477 e. The van der Waals surface area contributed by atoms with Crippen molar-refractivity contribution in [2.24, 2.45) is 0 Å². The third-order valence-electron chi connectivity index (χ3n) is 8.77. The Bertz CT molecular complexity index is 979. The first-order valence-electron chi connectivity index (χ1n) is 20.2. The molecule has 0 saturated carbocycles. The molecule has 0 aliphatic carbocycles. The fourth-order valence-corrected chi connectivity index (χ4v) is 5.61. The van der Waals surface area contributed by atoms with E-state index in [1.165, 1.54) is 51.4 Å². The number of likely N-dealkylation sites (N-methyl/N-ethyl adjacent to an activating group) is 1. The van der Waals surface area contributed by atoms with E-state index in [9.17, 15) is 19.5 Å². The lowest BCUT2D eigenvalue weighted by Crippen LogP contribution is -2.50. The van der Waals surface area contributed by atoms with Gasteiger partial charge in [-0.25, -0.2) is 4.79 Å². The molecule has 8 nitrogen and oxygen atoms in total. The first-order valence-corrected chi connectivity index (χ1v) is 20.2. The zero-order valence-electron chi connectivity index (χ0n) is 33.3. The van der Waals surface area contributed by atoms with Crippen molar-refractivity contribution < 1.29 is 38.2 Å². The van der Waals surface area contributed by atoms with Gasteiger partial charge in [-0.1, -0.05) is 127 Å². The quantitative estimate of drug-likeness (QED) is 0.0229. The van der Waals surface area contributed by atoms with Crippen LogP contribution in [0, 0.1) is 0 Å². The monoisotopic (exact) mass is 719 g/mol. The van der Waals surface area contributed by atoms with Gasteiger partial charge in [0, 0.05) is 19.3 Å². The SMILES string of the molecule is CC/C=C/C=C/C=C/CCCCCCCCCC(=O)OC(COCCC(C(=O)O)[N+](C)(C)C)COC(=O)CCCCCCC/C=C/CCCCC. The number of carbonyl (C=O) groups excluding carboxylic acids is 2. The number of nitrogens with zero attached hydrogens (tertiary/aromatic N) is 1. The molecule has 0 fully saturated rings. The predicted octanol–water partition coefficient (Wildman–Crippen LogP) is 10.5. The van der Waals surface area contributed by atoms with Crippen LogP contribution in [0.2, 0.25) is 0 Å². The minimum absolute atomic E-state index is 0.0525. The van der Waals surface area contributed by atoms with Crippen molar-refractivity contribution in [2.45, 2.75) is 167 Å². The molecular weight excluding hydrogens is 642 g/mol. The van der Waals surface area contributed by atoms with Crippen molar-refractivity contribution in [2.75, 3.05) is 41.0 Å². The molecule has 0 aromatic rings. The molecular formula is C43H76NO7+. The number of ether oxygens (including phenoxy) is 3. The maximum absolute atomic E-state index is 12.7. The van der Waals surface area contributed by atoms with E-state index in [2.05, 4.69) is 62.5 Å². The average molecular weight is 719 g/mol. The summed E-state index contributed by atoms with van der Waals surface area (Å²) in [6.45, 7) is 4.54. The summed E-state index contributed by atoms with van der Waals surface area (Å²) in [6, 6.07) is -0.618. The maximum atomic E-state index is 12.7. The number of aliphatic carboxylic acids is 1. The molecule has 0 aliphatic heterocycles. The van der Waals surface area contributed by atoms with Gasteiger partial charge in [-0.3, -0.25) is 9.59 Å². The van der Waals surface area contributed by atoms with Crippen molar-refractivity contribution in [3.8, 4) is 0 Å². The van der Waals surface area contributed by atoms with E-state index in [0.29, 0.717) is 19.3 Å². The average Bonchev–Trinajstić information content (AvgIpc) is 3.08. The largest absolute Gasteiger partial charge is 0.477 e. The first kappa shape index (κ1) is 48.3. The number of carboxylic acids is 1. The molecule has 2 atom stereocenters. The molecule has 0 amide bonds. The smallest absolute Gasteiger partial charge is 0.362 e. The lowest BCUT2D eigenvalue weighted by molar-refractivity contribution is -0.887. The van der Waals surface area contributed by atoms with Crippen LogP contribution in [0.15, 0.2) is 48.6 Å². The summed E-state index contributed by atoms with van der Waals surface area (Å²) in [4.78, 5) is 36.8. The number of unbranched alkanes of at least 4 members (excludes halogenated alkanes) is 15. The molecule has 0 radical (unpaired) electrons. The molecule has 0 aromatic carbocycles. The Labute approximate surface area is 312 Å². The van der Waals surface area contributed by atoms with Gasteiger partial charge in [0.1, 0.15) is 6.61 Å². The Morgan fingerprint density at radius 3 is 1.67 bits per heavy atom. The standard InChI is InChI=1S/C43H75NO7/c1-6-8-10-12-14-16-18-20-21-22-24-26-28-30-32-34-42(46)51-39(37-49-36-35-40(43(47)48)44(3,4)5)38-50-41(45)33-31-29-27-25-23-19-17-15-13-11-9-7-2/h8,10,12,14-18,39-40H,6-7,9,11,13,19-38H2,1-5H3/p+1/b10-8+,14-12+,17-15+,18-16+. The van der Waals surface area contributed by atoms with Crippen molar-refractivity contribution in [3.63, 3.8) is 0 Å². The topological polar surface area (TPSA) is 99.1 Å². The van der Waals surface area contributed by atoms with Gasteiger partial charge in [-0.2, -0.15) is 0 Å². The van der Waals surface area contributed by atoms with Crippen LogP contribution >= 0.6 is 0 Å². The summed E-state index contributed by atoms with van der Waals surface area (Å²) >= 11 is 0. The third kappa shape index (κ3) is 32.9. The van der Waals surface area contributed by atoms with Gasteiger partial charge in [-0.15, -0.1) is 0 Å². The Morgan fingerprint density at radius 1 is 0.608 bits per heavy atom. The van der Waals surface area contributed by atoms with E-state index < -0.39 is 18.1 Å². The molecule has 0 rings (SSSR count). The van der Waals surface area contributed by atoms with E-state index in [1.807, 2.05) is 21.1 Å². The molecule has 0 aliphatic rings. The molecule has 0 heterocycles. The van der Waals surface area contributed by atoms with Crippen LogP contribution in [0.1, 0.15) is 155 Å². The van der Waals surface area contributed by atoms with Crippen LogP contribution in [-0.4, -0.2) is 80.6 Å². The van der Waals surface area contributed by atoms with Gasteiger partial charge in [0.2, 0.25) is 0 Å². The second kappa shape index (κ2) is 34.4. The lowest BCUT2D eigenvalue weighted by Gasteiger charge is -2.31. The van der Waals surface area contributed by atoms with Crippen LogP contribution in [0.4, 0.5) is 0 Å². The summed E-state index contributed by atoms with van der Waals surface area (Å²) in [5.74, 6) is -1.50. The van der Waals surface area contributed by atoms with Gasteiger partial charge in [-0.05, 0) is 57.8 Å². The predicted molar refractivity (Wildman–Crippen MR) is 211 cm³/mol. The first-order chi connectivity index (χ1) is 24.6. The molecule has 51 heavy (non-hydrogen) atoms. The minimum atomic E-state index is -0.881. The van der Waals surface area contributed by atoms with Gasteiger partial charge < -0.3 is 23.8 Å². The fraction of sp³-hybridized carbons (Fsp3) is 0.744. The maximum Gasteiger partial charge on any atom is 0.362 e. The summed E-state index contributed by atoms with van der Waals surface area (Å²) in [5.41, 5.74) is 0. The van der Waals surface area contributed by atoms with Crippen LogP contribution < -0.4 is 0 Å². The van der Waals surface area contributed by atoms with Gasteiger partial charge in [0.15, 0.2) is 12.1 Å². The molecule has 294 valence electrons. The summed E-state index contributed by atoms with van der Waals surface area (Å²) in [5, 5.41) is 9.59. The Kier molecular flexibility index (Phi) is 32.6. The molecule has 0 spiro atoms. The number of carbonyl (C=O) groups is 3. The fourth-order valence-electron chi connectivity index (χ4n) is 5.61. The van der Waals surface area contributed by atoms with Gasteiger partial charge in [0.25, 0.3) is 0 Å². The Balaban J connectivity index is 4.43. The van der Waals surface area contributed by atoms with Crippen molar-refractivity contribution >= 4 is 17.9 Å². The molecule has 1 N–H and O–H groups in total. The molecule has 2 unspecified atom stereocenters. The van der Waals surface area contributed by atoms with Gasteiger partial charge in [0.05, 0.1) is 34.4 Å². The summed E-state index contributed by atoms with van der Waals surface area (Å²) in [6.07, 6.45) is 38.6. The number of hydrogen-bond acceptors (Lipinski definition) is 6. The van der Waals surface area contributed by atoms with Crippen LogP contribution in [0.5, 0.6) is 0 Å². The number of allylic oxidation sites excluding steroid dienone is 8. The summed E-state index contributed by atoms with van der Waals surface area (Å²) in [7, 11) is 5.51. The van der Waals surface area contributed by atoms with Crippen molar-refractivity contribution in [3.05, 3.63) is 48.6 Å². The Hall–Kier alpha value is -2.71. The van der Waals surface area contributed by atoms with Crippen LogP contribution in [-0.2, 0) is 28.6 Å². The molecule has 8 heteroatoms. The van der Waals surface area contributed by atoms with Gasteiger partial charge >= 0.3 is 17.9 Å². The zero-order chi connectivity index (χ0) is 37.8. The highest BCUT2D eigenvalue weighted by atomic mass is 16.6. The van der Waals surface area contributed by atoms with E-state index in [0.717, 1.165) is 70.6 Å².